The smallest absolute Gasteiger partial charge is 0.0842 e. The molecule has 1 saturated heterocycles. The van der Waals surface area contributed by atoms with Gasteiger partial charge in [-0.2, -0.15) is 5.06 Å². The van der Waals surface area contributed by atoms with Crippen LogP contribution >= 0.6 is 0 Å². The summed E-state index contributed by atoms with van der Waals surface area (Å²) in [6, 6.07) is 0.705. The molecule has 1 saturated carbocycles. The van der Waals surface area contributed by atoms with Gasteiger partial charge in [0.25, 0.3) is 0 Å². The van der Waals surface area contributed by atoms with Gasteiger partial charge >= 0.3 is 0 Å². The summed E-state index contributed by atoms with van der Waals surface area (Å²) in [6.45, 7) is 0.567. The lowest BCUT2D eigenvalue weighted by Crippen LogP contribution is -2.61. The van der Waals surface area contributed by atoms with Gasteiger partial charge in [0.05, 0.1) is 18.6 Å². The third kappa shape index (κ3) is 1.71. The lowest BCUT2D eigenvalue weighted by Gasteiger charge is -2.43. The van der Waals surface area contributed by atoms with Crippen LogP contribution in [0, 0.1) is 12.3 Å². The first-order valence-electron chi connectivity index (χ1n) is 4.99. The Balaban J connectivity index is 2.04. The highest BCUT2D eigenvalue weighted by molar-refractivity contribution is 5.06. The van der Waals surface area contributed by atoms with E-state index in [9.17, 15) is 5.21 Å². The van der Waals surface area contributed by atoms with E-state index in [4.69, 9.17) is 6.42 Å². The molecule has 2 rings (SSSR count). The number of hydroxylamine groups is 2. The van der Waals surface area contributed by atoms with Crippen molar-refractivity contribution in [1.29, 1.82) is 0 Å². The first-order valence-corrected chi connectivity index (χ1v) is 4.99. The molecule has 1 aliphatic carbocycles. The minimum atomic E-state index is 0.0179. The second-order valence-electron chi connectivity index (χ2n) is 3.97. The van der Waals surface area contributed by atoms with E-state index in [0.29, 0.717) is 18.6 Å². The molecule has 0 aromatic carbocycles. The second kappa shape index (κ2) is 3.67. The maximum Gasteiger partial charge on any atom is 0.0842 e. The predicted octanol–water partition coefficient (Wildman–Crippen LogP) is 0.594. The molecule has 1 heterocycles. The molecular weight excluding hydrogens is 164 g/mol. The lowest BCUT2D eigenvalue weighted by molar-refractivity contribution is -0.161. The van der Waals surface area contributed by atoms with Gasteiger partial charge < -0.3 is 5.21 Å². The van der Waals surface area contributed by atoms with E-state index in [1.165, 1.54) is 17.9 Å². The third-order valence-electron chi connectivity index (χ3n) is 3.10. The van der Waals surface area contributed by atoms with Crippen LogP contribution in [0.15, 0.2) is 0 Å². The number of piperazine rings is 1. The standard InChI is InChI=1S/C10H16N2O/c1-2-8-7-12(13)10-6-4-3-5-9(10)11-8/h1,8-11,13H,3-7H2. The Morgan fingerprint density at radius 1 is 1.38 bits per heavy atom. The molecule has 13 heavy (non-hydrogen) atoms. The molecule has 0 radical (unpaired) electrons. The third-order valence-corrected chi connectivity index (χ3v) is 3.10. The summed E-state index contributed by atoms with van der Waals surface area (Å²) in [4.78, 5) is 0. The highest BCUT2D eigenvalue weighted by Gasteiger charge is 2.35. The molecule has 3 atom stereocenters. The van der Waals surface area contributed by atoms with E-state index in [2.05, 4.69) is 11.2 Å². The monoisotopic (exact) mass is 180 g/mol. The van der Waals surface area contributed by atoms with Crippen LogP contribution in [0.4, 0.5) is 0 Å². The minimum absolute atomic E-state index is 0.0179. The average molecular weight is 180 g/mol. The van der Waals surface area contributed by atoms with Gasteiger partial charge in [0.15, 0.2) is 0 Å². The summed E-state index contributed by atoms with van der Waals surface area (Å²) < 4.78 is 0. The van der Waals surface area contributed by atoms with E-state index in [1.807, 2.05) is 0 Å². The van der Waals surface area contributed by atoms with Crippen molar-refractivity contribution in [2.75, 3.05) is 6.54 Å². The molecule has 3 nitrogen and oxygen atoms in total. The maximum atomic E-state index is 9.70. The van der Waals surface area contributed by atoms with Gasteiger partial charge in [-0.05, 0) is 12.8 Å². The van der Waals surface area contributed by atoms with Crippen molar-refractivity contribution in [2.45, 2.75) is 43.8 Å². The zero-order valence-corrected chi connectivity index (χ0v) is 7.74. The largest absolute Gasteiger partial charge is 0.314 e. The summed E-state index contributed by atoms with van der Waals surface area (Å²) >= 11 is 0. The van der Waals surface area contributed by atoms with E-state index < -0.39 is 0 Å². The Bertz CT molecular complexity index is 223. The molecule has 0 bridgehead atoms. The van der Waals surface area contributed by atoms with Gasteiger partial charge in [-0.1, -0.05) is 18.8 Å². The van der Waals surface area contributed by atoms with Gasteiger partial charge in [-0.15, -0.1) is 6.42 Å². The Morgan fingerprint density at radius 2 is 2.15 bits per heavy atom. The SMILES string of the molecule is C#CC1CN(O)C2CCCCC2N1. The van der Waals surface area contributed by atoms with Crippen molar-refractivity contribution in [3.63, 3.8) is 0 Å². The quantitative estimate of drug-likeness (QED) is 0.536. The Hall–Kier alpha value is -0.560. The van der Waals surface area contributed by atoms with Gasteiger partial charge in [0.2, 0.25) is 0 Å². The van der Waals surface area contributed by atoms with Crippen LogP contribution in [-0.4, -0.2) is 34.9 Å². The molecular formula is C10H16N2O. The number of terminal acetylenes is 1. The van der Waals surface area contributed by atoms with Gasteiger partial charge in [-0.25, -0.2) is 0 Å². The average Bonchev–Trinajstić information content (AvgIpc) is 2.18. The highest BCUT2D eigenvalue weighted by atomic mass is 16.5. The van der Waals surface area contributed by atoms with Crippen LogP contribution in [-0.2, 0) is 0 Å². The zero-order chi connectivity index (χ0) is 9.26. The Labute approximate surface area is 79.1 Å². The molecule has 0 amide bonds. The summed E-state index contributed by atoms with van der Waals surface area (Å²) in [5.74, 6) is 2.65. The van der Waals surface area contributed by atoms with E-state index in [0.717, 1.165) is 12.8 Å². The van der Waals surface area contributed by atoms with Crippen molar-refractivity contribution >= 4 is 0 Å². The topological polar surface area (TPSA) is 35.5 Å². The Morgan fingerprint density at radius 3 is 2.92 bits per heavy atom. The number of nitrogens with zero attached hydrogens (tertiary/aromatic N) is 1. The van der Waals surface area contributed by atoms with Crippen LogP contribution in [0.5, 0.6) is 0 Å². The van der Waals surface area contributed by atoms with Crippen molar-refractivity contribution < 1.29 is 5.21 Å². The van der Waals surface area contributed by atoms with Gasteiger partial charge in [0, 0.05) is 6.04 Å². The molecule has 2 N–H and O–H groups in total. The van der Waals surface area contributed by atoms with E-state index in [1.54, 1.807) is 0 Å². The molecule has 0 aromatic heterocycles. The van der Waals surface area contributed by atoms with Crippen molar-refractivity contribution in [3.05, 3.63) is 0 Å². The Kier molecular flexibility index (Phi) is 2.54. The summed E-state index contributed by atoms with van der Waals surface area (Å²) in [7, 11) is 0. The molecule has 0 spiro atoms. The van der Waals surface area contributed by atoms with Gasteiger partial charge in [-0.3, -0.25) is 5.32 Å². The van der Waals surface area contributed by atoms with Crippen LogP contribution < -0.4 is 5.32 Å². The molecule has 72 valence electrons. The fourth-order valence-corrected chi connectivity index (χ4v) is 2.40. The fraction of sp³-hybridized carbons (Fsp3) is 0.800. The van der Waals surface area contributed by atoms with Crippen LogP contribution in [0.25, 0.3) is 0 Å². The number of hydrogen-bond donors (Lipinski definition) is 2. The van der Waals surface area contributed by atoms with Crippen molar-refractivity contribution in [3.8, 4) is 12.3 Å². The van der Waals surface area contributed by atoms with Crippen molar-refractivity contribution in [2.24, 2.45) is 0 Å². The summed E-state index contributed by atoms with van der Waals surface area (Å²) in [6.07, 6.45) is 10.0. The van der Waals surface area contributed by atoms with Gasteiger partial charge in [0.1, 0.15) is 0 Å². The maximum absolute atomic E-state index is 9.70. The molecule has 2 fully saturated rings. The van der Waals surface area contributed by atoms with Crippen molar-refractivity contribution in [1.82, 2.24) is 10.4 Å². The minimum Gasteiger partial charge on any atom is -0.314 e. The molecule has 3 heteroatoms. The number of nitrogens with one attached hydrogen (secondary N) is 1. The number of fused-ring (bicyclic) bond motifs is 1. The zero-order valence-electron chi connectivity index (χ0n) is 7.74. The van der Waals surface area contributed by atoms with Crippen LogP contribution in [0.2, 0.25) is 0 Å². The van der Waals surface area contributed by atoms with E-state index >= 15 is 0 Å². The fourth-order valence-electron chi connectivity index (χ4n) is 2.40. The number of rotatable bonds is 0. The predicted molar refractivity (Wildman–Crippen MR) is 50.3 cm³/mol. The lowest BCUT2D eigenvalue weighted by atomic mass is 9.87. The first-order chi connectivity index (χ1) is 6.31. The normalized spacial score (nSPS) is 40.8. The van der Waals surface area contributed by atoms with Crippen LogP contribution in [0.3, 0.4) is 0 Å². The molecule has 0 aromatic rings. The second-order valence-corrected chi connectivity index (χ2v) is 3.97. The molecule has 1 aliphatic heterocycles. The first kappa shape index (κ1) is 9.01. The highest BCUT2D eigenvalue weighted by Crippen LogP contribution is 2.25. The summed E-state index contributed by atoms with van der Waals surface area (Å²) in [5.41, 5.74) is 0. The molecule has 2 aliphatic rings. The van der Waals surface area contributed by atoms with E-state index in [-0.39, 0.29) is 6.04 Å². The number of hydrogen-bond acceptors (Lipinski definition) is 3. The molecule has 3 unspecified atom stereocenters. The summed E-state index contributed by atoms with van der Waals surface area (Å²) in [5, 5.41) is 14.5. The van der Waals surface area contributed by atoms with Crippen LogP contribution in [0.1, 0.15) is 25.7 Å².